The Kier molecular flexibility index (Phi) is 7.57. The van der Waals surface area contributed by atoms with Gasteiger partial charge in [-0.1, -0.05) is 30.3 Å². The Morgan fingerprint density at radius 1 is 1.26 bits per heavy atom. The third-order valence-corrected chi connectivity index (χ3v) is 6.89. The summed E-state index contributed by atoms with van der Waals surface area (Å²) in [5.41, 5.74) is 6.43. The van der Waals surface area contributed by atoms with Crippen molar-refractivity contribution < 1.29 is 41.9 Å². The lowest BCUT2D eigenvalue weighted by molar-refractivity contribution is -0.145. The average Bonchev–Trinajstić information content (AvgIpc) is 3.56. The molecule has 14 nitrogen and oxygen atoms in total. The Hall–Kier alpha value is -3.20. The molecular weight excluding hydrogens is 520 g/mol. The summed E-state index contributed by atoms with van der Waals surface area (Å²) < 4.78 is 53.4. The Labute approximate surface area is 218 Å². The summed E-state index contributed by atoms with van der Waals surface area (Å²) in [7, 11) is -1.87. The minimum atomic E-state index is -2.63. The van der Waals surface area contributed by atoms with Gasteiger partial charge in [0.2, 0.25) is 18.4 Å². The van der Waals surface area contributed by atoms with Crippen molar-refractivity contribution in [1.29, 1.82) is 0 Å². The second-order valence-corrected chi connectivity index (χ2v) is 9.60. The molecule has 1 aromatic carbocycles. The predicted octanol–water partition coefficient (Wildman–Crippen LogP) is 1.14. The molecule has 0 bridgehead atoms. The molecule has 200 valence electrons. The largest absolute Gasteiger partial charge is 0.698 e. The van der Waals surface area contributed by atoms with Crippen molar-refractivity contribution >= 4 is 43.9 Å². The number of carbonyl (C=O) groups is 1. The van der Waals surface area contributed by atoms with Crippen LogP contribution in [0.15, 0.2) is 36.7 Å². The van der Waals surface area contributed by atoms with E-state index in [0.29, 0.717) is 11.2 Å². The molecule has 2 N–H and O–H groups in total. The molecule has 16 heteroatoms. The van der Waals surface area contributed by atoms with Crippen molar-refractivity contribution in [1.82, 2.24) is 19.5 Å². The van der Waals surface area contributed by atoms with Crippen LogP contribution in [0.2, 0.25) is 0 Å². The molecule has 0 spiro atoms. The van der Waals surface area contributed by atoms with Crippen molar-refractivity contribution in [2.75, 3.05) is 32.7 Å². The van der Waals surface area contributed by atoms with Gasteiger partial charge in [0.05, 0.1) is 20.0 Å². The van der Waals surface area contributed by atoms with Gasteiger partial charge >= 0.3 is 21.3 Å². The third-order valence-electron chi connectivity index (χ3n) is 6.19. The number of nitrogen functional groups attached to an aromatic ring is 1. The normalized spacial score (nSPS) is 25.0. The molecule has 5 rings (SSSR count). The van der Waals surface area contributed by atoms with Crippen LogP contribution in [0.4, 0.5) is 5.95 Å². The third kappa shape index (κ3) is 4.96. The molecule has 0 radical (unpaired) electrons. The quantitative estimate of drug-likeness (QED) is 0.219. The number of nitrogens with two attached hydrogens (primary N) is 1. The van der Waals surface area contributed by atoms with Crippen LogP contribution in [0, 0.1) is 0 Å². The standard InChI is InChI=1S/C22H26BN5O9P/c1-4-32-15(29)11-34-38(30)33-10-14-17-22(2,37-23(36-17)13-8-6-5-7-9-13)20(35-14)28-12-25-16-18(28)26-21(24)27-19(16)31-3/h5-9,12,14,17,20H,4,10-11H2,1-3H3,(H2,24,26,27)/q+1/t14-,17-,20-,22-/m1/s1. The Morgan fingerprint density at radius 3 is 2.79 bits per heavy atom. The molecule has 5 atom stereocenters. The summed E-state index contributed by atoms with van der Waals surface area (Å²) in [4.78, 5) is 24.3. The summed E-state index contributed by atoms with van der Waals surface area (Å²) in [6, 6.07) is 9.44. The SMILES string of the molecule is CCOC(=O)CO[P+](=O)OC[C@H]1O[C@@H](n2cnc3c(OC)nc(N)nc32)[C@]2(C)OB(c3ccccc3)O[C@H]12. The number of imidazole rings is 1. The van der Waals surface area contributed by atoms with Gasteiger partial charge < -0.3 is 29.3 Å². The van der Waals surface area contributed by atoms with E-state index in [2.05, 4.69) is 15.0 Å². The van der Waals surface area contributed by atoms with Gasteiger partial charge in [-0.2, -0.15) is 9.97 Å². The van der Waals surface area contributed by atoms with E-state index in [1.54, 1.807) is 11.5 Å². The number of rotatable bonds is 10. The van der Waals surface area contributed by atoms with Crippen LogP contribution in [0.5, 0.6) is 5.88 Å². The molecular formula is C22H26BN5O9P+. The number of anilines is 1. The summed E-state index contributed by atoms with van der Waals surface area (Å²) in [5.74, 6) is -0.435. The molecule has 2 saturated heterocycles. The van der Waals surface area contributed by atoms with Gasteiger partial charge in [0, 0.05) is 4.57 Å². The molecule has 0 amide bonds. The van der Waals surface area contributed by atoms with Crippen LogP contribution >= 0.6 is 8.25 Å². The zero-order chi connectivity index (χ0) is 26.9. The van der Waals surface area contributed by atoms with E-state index in [1.165, 1.54) is 13.4 Å². The second-order valence-electron chi connectivity index (χ2n) is 8.64. The molecule has 3 aromatic rings. The first-order valence-electron chi connectivity index (χ1n) is 11.8. The number of carbonyl (C=O) groups excluding carboxylic acids is 1. The number of hydrogen-bond donors (Lipinski definition) is 1. The van der Waals surface area contributed by atoms with Crippen LogP contribution in [-0.4, -0.2) is 77.3 Å². The number of hydrogen-bond acceptors (Lipinski definition) is 13. The molecule has 0 aliphatic carbocycles. The van der Waals surface area contributed by atoms with E-state index in [0.717, 1.165) is 5.46 Å². The van der Waals surface area contributed by atoms with Crippen molar-refractivity contribution in [2.45, 2.75) is 37.9 Å². The van der Waals surface area contributed by atoms with Gasteiger partial charge in [-0.15, -0.1) is 9.05 Å². The van der Waals surface area contributed by atoms with Crippen molar-refractivity contribution in [3.63, 3.8) is 0 Å². The highest BCUT2D eigenvalue weighted by Crippen LogP contribution is 2.48. The first-order chi connectivity index (χ1) is 18.3. The summed E-state index contributed by atoms with van der Waals surface area (Å²) in [6.45, 7) is 3.01. The minimum absolute atomic E-state index is 0.00261. The number of esters is 1. The summed E-state index contributed by atoms with van der Waals surface area (Å²) in [5, 5.41) is 0. The monoisotopic (exact) mass is 546 g/mol. The first-order valence-corrected chi connectivity index (χ1v) is 12.9. The van der Waals surface area contributed by atoms with Crippen molar-refractivity contribution in [2.24, 2.45) is 0 Å². The molecule has 2 aliphatic rings. The smallest absolute Gasteiger partial charge is 0.479 e. The molecule has 2 aromatic heterocycles. The highest BCUT2D eigenvalue weighted by atomic mass is 31.1. The number of benzene rings is 1. The number of fused-ring (bicyclic) bond motifs is 2. The van der Waals surface area contributed by atoms with Gasteiger partial charge in [0.1, 0.15) is 24.4 Å². The van der Waals surface area contributed by atoms with Gasteiger partial charge in [-0.05, 0) is 19.3 Å². The summed E-state index contributed by atoms with van der Waals surface area (Å²) in [6.07, 6.45) is -0.649. The fraction of sp³-hybridized carbons (Fsp3) is 0.455. The zero-order valence-corrected chi connectivity index (χ0v) is 21.8. The van der Waals surface area contributed by atoms with Crippen LogP contribution in [0.25, 0.3) is 11.2 Å². The van der Waals surface area contributed by atoms with Crippen molar-refractivity contribution in [3.05, 3.63) is 36.7 Å². The van der Waals surface area contributed by atoms with Crippen LogP contribution < -0.4 is 15.9 Å². The van der Waals surface area contributed by atoms with E-state index in [-0.39, 0.29) is 25.0 Å². The molecule has 2 fully saturated rings. The molecule has 2 aliphatic heterocycles. The lowest BCUT2D eigenvalue weighted by Crippen LogP contribution is -2.42. The maximum atomic E-state index is 12.3. The van der Waals surface area contributed by atoms with Gasteiger partial charge in [-0.25, -0.2) is 9.78 Å². The Morgan fingerprint density at radius 2 is 2.05 bits per heavy atom. The minimum Gasteiger partial charge on any atom is -0.479 e. The van der Waals surface area contributed by atoms with Gasteiger partial charge in [0.15, 0.2) is 17.4 Å². The van der Waals surface area contributed by atoms with E-state index >= 15 is 0 Å². The predicted molar refractivity (Wildman–Crippen MR) is 133 cm³/mol. The fourth-order valence-electron chi connectivity index (χ4n) is 4.55. The van der Waals surface area contributed by atoms with E-state index < -0.39 is 52.0 Å². The second kappa shape index (κ2) is 10.9. The maximum absolute atomic E-state index is 12.3. The number of nitrogens with zero attached hydrogens (tertiary/aromatic N) is 4. The lowest BCUT2D eigenvalue weighted by atomic mass is 9.79. The zero-order valence-electron chi connectivity index (χ0n) is 20.9. The summed E-state index contributed by atoms with van der Waals surface area (Å²) >= 11 is 0. The maximum Gasteiger partial charge on any atom is 0.698 e. The average molecular weight is 546 g/mol. The van der Waals surface area contributed by atoms with Crippen molar-refractivity contribution in [3.8, 4) is 5.88 Å². The topological polar surface area (TPSA) is 168 Å². The van der Waals surface area contributed by atoms with Gasteiger partial charge in [-0.3, -0.25) is 4.57 Å². The molecule has 4 heterocycles. The van der Waals surface area contributed by atoms with Crippen LogP contribution in [0.1, 0.15) is 20.1 Å². The van der Waals surface area contributed by atoms with Crippen LogP contribution in [-0.2, 0) is 37.2 Å². The lowest BCUT2D eigenvalue weighted by Gasteiger charge is -2.29. The number of aromatic nitrogens is 4. The van der Waals surface area contributed by atoms with E-state index in [9.17, 15) is 9.36 Å². The van der Waals surface area contributed by atoms with E-state index in [4.69, 9.17) is 38.3 Å². The van der Waals surface area contributed by atoms with E-state index in [1.807, 2.05) is 37.3 Å². The van der Waals surface area contributed by atoms with Crippen LogP contribution in [0.3, 0.4) is 0 Å². The molecule has 1 unspecified atom stereocenters. The number of methoxy groups -OCH3 is 1. The number of ether oxygens (including phenoxy) is 3. The molecule has 0 saturated carbocycles. The molecule has 38 heavy (non-hydrogen) atoms. The fourth-order valence-corrected chi connectivity index (χ4v) is 5.10. The Bertz CT molecular complexity index is 1330. The highest BCUT2D eigenvalue weighted by molar-refractivity contribution is 7.33. The van der Waals surface area contributed by atoms with Gasteiger partial charge in [0.25, 0.3) is 0 Å². The highest BCUT2D eigenvalue weighted by Gasteiger charge is 2.64. The Balaban J connectivity index is 1.41. The first kappa shape index (κ1) is 26.4.